The maximum Gasteiger partial charge on any atom is 0.0947 e. The first-order valence-electron chi connectivity index (χ1n) is 7.47. The zero-order valence-corrected chi connectivity index (χ0v) is 11.7. The van der Waals surface area contributed by atoms with Crippen molar-refractivity contribution in [1.29, 1.82) is 5.41 Å². The van der Waals surface area contributed by atoms with E-state index in [1.807, 2.05) is 0 Å². The molecule has 18 heavy (non-hydrogen) atoms. The molecule has 0 aromatic heterocycles. The predicted molar refractivity (Wildman–Crippen MR) is 76.0 cm³/mol. The van der Waals surface area contributed by atoms with Crippen LogP contribution in [0.1, 0.15) is 39.0 Å². The quantitative estimate of drug-likeness (QED) is 0.589. The summed E-state index contributed by atoms with van der Waals surface area (Å²) in [6, 6.07) is 0.814. The van der Waals surface area contributed by atoms with Gasteiger partial charge in [-0.3, -0.25) is 5.41 Å². The molecule has 1 atom stereocenters. The van der Waals surface area contributed by atoms with Gasteiger partial charge in [0.25, 0.3) is 0 Å². The Hall–Kier alpha value is -0.610. The van der Waals surface area contributed by atoms with E-state index in [4.69, 9.17) is 11.1 Å². The van der Waals surface area contributed by atoms with Crippen LogP contribution in [0.4, 0.5) is 0 Å². The fourth-order valence-electron chi connectivity index (χ4n) is 3.24. The number of hydrogen-bond donors (Lipinski definition) is 2. The van der Waals surface area contributed by atoms with Crippen molar-refractivity contribution in [3.05, 3.63) is 0 Å². The molecule has 104 valence electrons. The molecule has 2 aliphatic rings. The first-order valence-corrected chi connectivity index (χ1v) is 7.47. The third kappa shape index (κ3) is 3.69. The van der Waals surface area contributed by atoms with Gasteiger partial charge < -0.3 is 15.5 Å². The molecular formula is C14H28N4. The summed E-state index contributed by atoms with van der Waals surface area (Å²) in [5.74, 6) is 0.532. The first kappa shape index (κ1) is 13.8. The van der Waals surface area contributed by atoms with Gasteiger partial charge in [-0.25, -0.2) is 0 Å². The Labute approximate surface area is 111 Å². The lowest BCUT2D eigenvalue weighted by atomic mass is 9.99. The number of rotatable bonds is 4. The van der Waals surface area contributed by atoms with Crippen molar-refractivity contribution in [3.8, 4) is 0 Å². The van der Waals surface area contributed by atoms with Gasteiger partial charge in [0.1, 0.15) is 0 Å². The molecule has 4 heteroatoms. The van der Waals surface area contributed by atoms with Crippen LogP contribution in [-0.2, 0) is 0 Å². The zero-order chi connectivity index (χ0) is 13.0. The van der Waals surface area contributed by atoms with E-state index in [1.54, 1.807) is 0 Å². The lowest BCUT2D eigenvalue weighted by molar-refractivity contribution is 0.0899. The Bertz CT molecular complexity index is 265. The number of nitrogens with two attached hydrogens (primary N) is 1. The summed E-state index contributed by atoms with van der Waals surface area (Å²) >= 11 is 0. The highest BCUT2D eigenvalue weighted by atomic mass is 15.2. The van der Waals surface area contributed by atoms with E-state index in [0.717, 1.165) is 12.6 Å². The van der Waals surface area contributed by atoms with Crippen molar-refractivity contribution in [3.63, 3.8) is 0 Å². The summed E-state index contributed by atoms with van der Waals surface area (Å²) in [5.41, 5.74) is 5.55. The molecule has 3 N–H and O–H groups in total. The van der Waals surface area contributed by atoms with Gasteiger partial charge in [0.15, 0.2) is 0 Å². The number of nitrogens with one attached hydrogen (secondary N) is 1. The lowest BCUT2D eigenvalue weighted by Gasteiger charge is -2.40. The van der Waals surface area contributed by atoms with Crippen LogP contribution < -0.4 is 5.73 Å². The molecule has 0 spiro atoms. The topological polar surface area (TPSA) is 56.4 Å². The van der Waals surface area contributed by atoms with Crippen LogP contribution in [0.5, 0.6) is 0 Å². The largest absolute Gasteiger partial charge is 0.387 e. The van der Waals surface area contributed by atoms with Crippen LogP contribution in [-0.4, -0.2) is 54.4 Å². The average Bonchev–Trinajstić information content (AvgIpc) is 2.40. The van der Waals surface area contributed by atoms with Crippen molar-refractivity contribution in [2.45, 2.75) is 45.1 Å². The standard InChI is InChI=1S/C14H28N4/c1-12(14(15)16)11-17-9-5-13(6-10-17)18-7-3-2-4-8-18/h12-13H,2-11H2,1H3,(H3,15,16). The number of amidine groups is 1. The molecule has 0 saturated carbocycles. The fraction of sp³-hybridized carbons (Fsp3) is 0.929. The van der Waals surface area contributed by atoms with Crippen LogP contribution in [0.2, 0.25) is 0 Å². The zero-order valence-electron chi connectivity index (χ0n) is 11.7. The van der Waals surface area contributed by atoms with E-state index < -0.39 is 0 Å². The molecule has 1 unspecified atom stereocenters. The highest BCUT2D eigenvalue weighted by molar-refractivity contribution is 5.79. The number of piperidine rings is 2. The van der Waals surface area contributed by atoms with Gasteiger partial charge in [0.05, 0.1) is 5.84 Å². The van der Waals surface area contributed by atoms with Crippen molar-refractivity contribution in [1.82, 2.24) is 9.80 Å². The van der Waals surface area contributed by atoms with E-state index in [0.29, 0.717) is 5.84 Å². The Kier molecular flexibility index (Phi) is 5.01. The van der Waals surface area contributed by atoms with Crippen LogP contribution in [0.3, 0.4) is 0 Å². The summed E-state index contributed by atoms with van der Waals surface area (Å²) < 4.78 is 0. The molecule has 2 heterocycles. The Morgan fingerprint density at radius 1 is 1.17 bits per heavy atom. The van der Waals surface area contributed by atoms with Gasteiger partial charge in [0, 0.05) is 18.5 Å². The molecule has 2 rings (SSSR count). The summed E-state index contributed by atoms with van der Waals surface area (Å²) in [7, 11) is 0. The fourth-order valence-corrected chi connectivity index (χ4v) is 3.24. The van der Waals surface area contributed by atoms with Crippen molar-refractivity contribution in [2.75, 3.05) is 32.7 Å². The monoisotopic (exact) mass is 252 g/mol. The van der Waals surface area contributed by atoms with E-state index in [9.17, 15) is 0 Å². The minimum Gasteiger partial charge on any atom is -0.387 e. The molecular weight excluding hydrogens is 224 g/mol. The third-order valence-electron chi connectivity index (χ3n) is 4.53. The molecule has 0 aliphatic carbocycles. The van der Waals surface area contributed by atoms with E-state index in [-0.39, 0.29) is 5.92 Å². The van der Waals surface area contributed by atoms with Gasteiger partial charge in [-0.2, -0.15) is 0 Å². The summed E-state index contributed by atoms with van der Waals surface area (Å²) in [5, 5.41) is 7.46. The summed E-state index contributed by atoms with van der Waals surface area (Å²) in [4.78, 5) is 5.18. The van der Waals surface area contributed by atoms with Crippen LogP contribution in [0.25, 0.3) is 0 Å². The number of hydrogen-bond acceptors (Lipinski definition) is 3. The molecule has 2 saturated heterocycles. The maximum absolute atomic E-state index is 7.46. The van der Waals surface area contributed by atoms with Crippen molar-refractivity contribution in [2.24, 2.45) is 11.7 Å². The smallest absolute Gasteiger partial charge is 0.0947 e. The molecule has 0 aromatic carbocycles. The van der Waals surface area contributed by atoms with Crippen LogP contribution in [0.15, 0.2) is 0 Å². The van der Waals surface area contributed by atoms with Gasteiger partial charge >= 0.3 is 0 Å². The molecule has 4 nitrogen and oxygen atoms in total. The SMILES string of the molecule is CC(CN1CCC(N2CCCCC2)CC1)C(=N)N. The highest BCUT2D eigenvalue weighted by Crippen LogP contribution is 2.21. The van der Waals surface area contributed by atoms with Gasteiger partial charge in [-0.1, -0.05) is 13.3 Å². The minimum atomic E-state index is 0.205. The summed E-state index contributed by atoms with van der Waals surface area (Å²) in [6.07, 6.45) is 6.80. The Morgan fingerprint density at radius 3 is 2.33 bits per heavy atom. The number of likely N-dealkylation sites (tertiary alicyclic amines) is 2. The molecule has 0 aromatic rings. The second kappa shape index (κ2) is 6.53. The molecule has 2 aliphatic heterocycles. The molecule has 0 amide bonds. The van der Waals surface area contributed by atoms with Crippen molar-refractivity contribution < 1.29 is 0 Å². The second-order valence-electron chi connectivity index (χ2n) is 5.98. The van der Waals surface area contributed by atoms with Gasteiger partial charge in [-0.15, -0.1) is 0 Å². The molecule has 2 fully saturated rings. The predicted octanol–water partition coefficient (Wildman–Crippen LogP) is 1.51. The van der Waals surface area contributed by atoms with Crippen molar-refractivity contribution >= 4 is 5.84 Å². The minimum absolute atomic E-state index is 0.205. The maximum atomic E-state index is 7.46. The van der Waals surface area contributed by atoms with E-state index in [1.165, 1.54) is 58.3 Å². The van der Waals surface area contributed by atoms with Gasteiger partial charge in [0.2, 0.25) is 0 Å². The van der Waals surface area contributed by atoms with Gasteiger partial charge in [-0.05, 0) is 51.9 Å². The average molecular weight is 252 g/mol. The first-order chi connectivity index (χ1) is 8.66. The lowest BCUT2D eigenvalue weighted by Crippen LogP contribution is -2.48. The Morgan fingerprint density at radius 2 is 1.78 bits per heavy atom. The van der Waals surface area contributed by atoms with Crippen LogP contribution in [0, 0.1) is 11.3 Å². The normalized spacial score (nSPS) is 26.1. The second-order valence-corrected chi connectivity index (χ2v) is 5.98. The molecule has 0 radical (unpaired) electrons. The molecule has 0 bridgehead atoms. The van der Waals surface area contributed by atoms with E-state index >= 15 is 0 Å². The third-order valence-corrected chi connectivity index (χ3v) is 4.53. The van der Waals surface area contributed by atoms with E-state index in [2.05, 4.69) is 16.7 Å². The highest BCUT2D eigenvalue weighted by Gasteiger charge is 2.26. The van der Waals surface area contributed by atoms with Crippen LogP contribution >= 0.6 is 0 Å². The number of nitrogens with zero attached hydrogens (tertiary/aromatic N) is 2. The Balaban J connectivity index is 1.72. The summed E-state index contributed by atoms with van der Waals surface area (Å²) in [6.45, 7) is 8.00.